The Morgan fingerprint density at radius 3 is 2.58 bits per heavy atom. The third-order valence-corrected chi connectivity index (χ3v) is 5.81. The molecule has 4 rings (SSSR count). The first kappa shape index (κ1) is 21.2. The van der Waals surface area contributed by atoms with Crippen LogP contribution in [0.25, 0.3) is 10.9 Å². The molecule has 2 aliphatic rings. The van der Waals surface area contributed by atoms with Gasteiger partial charge in [-0.2, -0.15) is 0 Å². The number of hydrogen-bond acceptors (Lipinski definition) is 3. The van der Waals surface area contributed by atoms with E-state index in [1.165, 1.54) is 6.42 Å². The number of pyridine rings is 1. The largest absolute Gasteiger partial charge is 0.349 e. The maximum absolute atomic E-state index is 13.0. The number of rotatable bonds is 2. The van der Waals surface area contributed by atoms with Crippen LogP contribution >= 0.6 is 36.4 Å². The molecule has 2 atom stereocenters. The zero-order valence-electron chi connectivity index (χ0n) is 14.4. The van der Waals surface area contributed by atoms with E-state index < -0.39 is 0 Å². The Labute approximate surface area is 171 Å². The van der Waals surface area contributed by atoms with Gasteiger partial charge in [0.1, 0.15) is 0 Å². The molecule has 0 aliphatic heterocycles. The summed E-state index contributed by atoms with van der Waals surface area (Å²) < 4.78 is 0. The van der Waals surface area contributed by atoms with Crippen LogP contribution in [0.2, 0.25) is 5.02 Å². The summed E-state index contributed by atoms with van der Waals surface area (Å²) in [5, 5.41) is 4.74. The van der Waals surface area contributed by atoms with E-state index in [1.807, 2.05) is 18.2 Å². The van der Waals surface area contributed by atoms with Crippen molar-refractivity contribution in [1.82, 2.24) is 10.3 Å². The van der Waals surface area contributed by atoms with Gasteiger partial charge in [-0.05, 0) is 55.7 Å². The lowest BCUT2D eigenvalue weighted by molar-refractivity contribution is 0.0757. The van der Waals surface area contributed by atoms with Gasteiger partial charge in [0, 0.05) is 28.7 Å². The number of nitrogens with two attached hydrogens (primary N) is 1. The third kappa shape index (κ3) is 4.09. The quantitative estimate of drug-likeness (QED) is 0.764. The van der Waals surface area contributed by atoms with Gasteiger partial charge in [-0.1, -0.05) is 24.1 Å². The molecule has 142 valence electrons. The fourth-order valence-electron chi connectivity index (χ4n) is 4.58. The summed E-state index contributed by atoms with van der Waals surface area (Å²) >= 11 is 6.20. The molecule has 26 heavy (non-hydrogen) atoms. The van der Waals surface area contributed by atoms with Gasteiger partial charge >= 0.3 is 0 Å². The lowest BCUT2D eigenvalue weighted by atomic mass is 9.67. The summed E-state index contributed by atoms with van der Waals surface area (Å²) in [7, 11) is 0. The molecule has 7 heteroatoms. The molecule has 3 N–H and O–H groups in total. The summed E-state index contributed by atoms with van der Waals surface area (Å²) in [4.78, 5) is 17.3. The Balaban J connectivity index is 0.00000121. The second-order valence-corrected chi connectivity index (χ2v) is 7.65. The number of aromatic nitrogens is 1. The van der Waals surface area contributed by atoms with E-state index in [1.54, 1.807) is 12.3 Å². The number of benzene rings is 1. The fraction of sp³-hybridized carbons (Fsp3) is 0.474. The van der Waals surface area contributed by atoms with Crippen molar-refractivity contribution in [1.29, 1.82) is 0 Å². The molecule has 2 bridgehead atoms. The Morgan fingerprint density at radius 2 is 1.88 bits per heavy atom. The summed E-state index contributed by atoms with van der Waals surface area (Å²) in [5.74, 6) is 0.920. The van der Waals surface area contributed by atoms with Crippen LogP contribution in [0.3, 0.4) is 0 Å². The molecule has 2 fully saturated rings. The highest BCUT2D eigenvalue weighted by atomic mass is 35.5. The molecule has 1 heterocycles. The van der Waals surface area contributed by atoms with Crippen LogP contribution in [0.1, 0.15) is 42.5 Å². The maximum atomic E-state index is 13.0. The van der Waals surface area contributed by atoms with Crippen molar-refractivity contribution in [2.45, 2.75) is 44.2 Å². The first-order valence-electron chi connectivity index (χ1n) is 8.72. The molecule has 0 saturated heterocycles. The molecule has 2 saturated carbocycles. The van der Waals surface area contributed by atoms with Gasteiger partial charge < -0.3 is 11.1 Å². The van der Waals surface area contributed by atoms with Crippen molar-refractivity contribution >= 4 is 53.2 Å². The molecule has 1 amide bonds. The van der Waals surface area contributed by atoms with Gasteiger partial charge in [0.05, 0.1) is 11.1 Å². The standard InChI is InChI=1S/C19H22ClN3O.2ClH/c20-14-7-11-5-2-6-22-18(11)16(10-14)19(24)23-17-12-3-1-4-13(17)9-15(21)8-12;;/h2,5-7,10,12-13,15,17H,1,3-4,8-9,21H2,(H,23,24);2*1H. The van der Waals surface area contributed by atoms with E-state index in [0.29, 0.717) is 27.9 Å². The van der Waals surface area contributed by atoms with E-state index in [4.69, 9.17) is 17.3 Å². The Hall–Kier alpha value is -1.07. The molecule has 4 nitrogen and oxygen atoms in total. The number of nitrogens with zero attached hydrogens (tertiary/aromatic N) is 1. The van der Waals surface area contributed by atoms with Gasteiger partial charge in [0.15, 0.2) is 0 Å². The monoisotopic (exact) mass is 415 g/mol. The number of hydrogen-bond donors (Lipinski definition) is 2. The van der Waals surface area contributed by atoms with Crippen molar-refractivity contribution in [3.8, 4) is 0 Å². The number of fused-ring (bicyclic) bond motifs is 3. The minimum absolute atomic E-state index is 0. The number of amides is 1. The van der Waals surface area contributed by atoms with Crippen LogP contribution in [-0.4, -0.2) is 23.0 Å². The van der Waals surface area contributed by atoms with Crippen molar-refractivity contribution in [2.24, 2.45) is 17.6 Å². The third-order valence-electron chi connectivity index (χ3n) is 5.59. The molecule has 2 aromatic rings. The summed E-state index contributed by atoms with van der Waals surface area (Å²) in [6, 6.07) is 7.85. The Morgan fingerprint density at radius 1 is 1.19 bits per heavy atom. The van der Waals surface area contributed by atoms with Crippen LogP contribution in [0.4, 0.5) is 0 Å². The average Bonchev–Trinajstić information content (AvgIpc) is 2.54. The Kier molecular flexibility index (Phi) is 7.14. The smallest absolute Gasteiger partial charge is 0.253 e. The molecule has 1 aromatic heterocycles. The van der Waals surface area contributed by atoms with E-state index in [2.05, 4.69) is 10.3 Å². The van der Waals surface area contributed by atoms with E-state index >= 15 is 0 Å². The van der Waals surface area contributed by atoms with Crippen molar-refractivity contribution in [2.75, 3.05) is 0 Å². The first-order valence-corrected chi connectivity index (χ1v) is 9.10. The summed E-state index contributed by atoms with van der Waals surface area (Å²) in [5.41, 5.74) is 7.45. The highest BCUT2D eigenvalue weighted by Crippen LogP contribution is 2.40. The van der Waals surface area contributed by atoms with Crippen molar-refractivity contribution < 1.29 is 4.79 Å². The highest BCUT2D eigenvalue weighted by Gasteiger charge is 2.40. The predicted octanol–water partition coefficient (Wildman–Crippen LogP) is 4.37. The van der Waals surface area contributed by atoms with E-state index in [0.717, 1.165) is 31.1 Å². The van der Waals surface area contributed by atoms with Gasteiger partial charge in [-0.25, -0.2) is 0 Å². The van der Waals surface area contributed by atoms with Gasteiger partial charge in [0.25, 0.3) is 5.91 Å². The summed E-state index contributed by atoms with van der Waals surface area (Å²) in [6.07, 6.45) is 7.29. The zero-order valence-corrected chi connectivity index (χ0v) is 16.7. The van der Waals surface area contributed by atoms with Crippen LogP contribution in [-0.2, 0) is 0 Å². The number of halogens is 3. The SMILES string of the molecule is Cl.Cl.NC1CC2CCCC(C1)C2NC(=O)c1cc(Cl)cc2cccnc12. The predicted molar refractivity (Wildman–Crippen MR) is 111 cm³/mol. The second kappa shape index (κ2) is 8.75. The average molecular weight is 417 g/mol. The fourth-order valence-corrected chi connectivity index (χ4v) is 4.81. The normalized spacial score (nSPS) is 27.2. The van der Waals surface area contributed by atoms with Crippen LogP contribution in [0.15, 0.2) is 30.5 Å². The highest BCUT2D eigenvalue weighted by molar-refractivity contribution is 6.32. The van der Waals surface area contributed by atoms with Crippen LogP contribution in [0, 0.1) is 11.8 Å². The summed E-state index contributed by atoms with van der Waals surface area (Å²) in [6.45, 7) is 0. The first-order chi connectivity index (χ1) is 11.6. The number of nitrogens with one attached hydrogen (secondary N) is 1. The van der Waals surface area contributed by atoms with Crippen LogP contribution < -0.4 is 11.1 Å². The Bertz CT molecular complexity index is 772. The zero-order chi connectivity index (χ0) is 16.7. The number of carbonyl (C=O) groups excluding carboxylic acids is 1. The van der Waals surface area contributed by atoms with E-state index in [-0.39, 0.29) is 42.8 Å². The molecule has 2 unspecified atom stereocenters. The van der Waals surface area contributed by atoms with Crippen LogP contribution in [0.5, 0.6) is 0 Å². The molecule has 0 spiro atoms. The van der Waals surface area contributed by atoms with Gasteiger partial charge in [0.2, 0.25) is 0 Å². The van der Waals surface area contributed by atoms with Gasteiger partial charge in [-0.15, -0.1) is 24.8 Å². The maximum Gasteiger partial charge on any atom is 0.253 e. The second-order valence-electron chi connectivity index (χ2n) is 7.21. The molecule has 1 aromatic carbocycles. The molecule has 2 aliphatic carbocycles. The minimum Gasteiger partial charge on any atom is -0.349 e. The number of carbonyl (C=O) groups is 1. The van der Waals surface area contributed by atoms with Crippen molar-refractivity contribution in [3.63, 3.8) is 0 Å². The topological polar surface area (TPSA) is 68.0 Å². The minimum atomic E-state index is -0.0708. The molecular formula is C19H24Cl3N3O. The molecular weight excluding hydrogens is 393 g/mol. The van der Waals surface area contributed by atoms with E-state index in [9.17, 15) is 4.79 Å². The van der Waals surface area contributed by atoms with Gasteiger partial charge in [-0.3, -0.25) is 9.78 Å². The lowest BCUT2D eigenvalue weighted by Crippen LogP contribution is -2.53. The van der Waals surface area contributed by atoms with Crippen molar-refractivity contribution in [3.05, 3.63) is 41.0 Å². The lowest BCUT2D eigenvalue weighted by Gasteiger charge is -2.45. The molecule has 0 radical (unpaired) electrons.